The number of nitrogens with zero attached hydrogens (tertiary/aromatic N) is 2. The molecule has 1 heterocycles. The maximum atomic E-state index is 12.6. The molecule has 1 aromatic rings. The van der Waals surface area contributed by atoms with Crippen LogP contribution in [-0.2, 0) is 9.09 Å². The highest BCUT2D eigenvalue weighted by atomic mass is 35.5. The Bertz CT molecular complexity index is 563. The first-order valence-electron chi connectivity index (χ1n) is 6.86. The lowest BCUT2D eigenvalue weighted by molar-refractivity contribution is -0.380. The van der Waals surface area contributed by atoms with Crippen LogP contribution in [0.1, 0.15) is 36.8 Å². The van der Waals surface area contributed by atoms with Crippen LogP contribution < -0.4 is 5.50 Å². The Hall–Kier alpha value is -0.500. The van der Waals surface area contributed by atoms with Crippen LogP contribution in [0, 0.1) is 17.0 Å². The molecule has 2 unspecified atom stereocenters. The molecular formula is C12H21ClN3O4PS. The van der Waals surface area contributed by atoms with Crippen LogP contribution in [-0.4, -0.2) is 28.6 Å². The second kappa shape index (κ2) is 8.38. The number of rotatable bonds is 9. The van der Waals surface area contributed by atoms with Gasteiger partial charge in [0.25, 0.3) is 0 Å². The third-order valence-electron chi connectivity index (χ3n) is 3.00. The molecule has 0 aliphatic rings. The summed E-state index contributed by atoms with van der Waals surface area (Å²) in [7, 11) is -3.50. The van der Waals surface area contributed by atoms with E-state index in [0.29, 0.717) is 29.4 Å². The molecule has 0 spiro atoms. The first-order valence-corrected chi connectivity index (χ1v) is 9.85. The van der Waals surface area contributed by atoms with E-state index in [4.69, 9.17) is 21.6 Å². The number of thiophene rings is 1. The van der Waals surface area contributed by atoms with Crippen LogP contribution in [0.4, 0.5) is 5.00 Å². The summed E-state index contributed by atoms with van der Waals surface area (Å²) in [6, 6.07) is 1.67. The van der Waals surface area contributed by atoms with Crippen LogP contribution in [0.5, 0.6) is 0 Å². The van der Waals surface area contributed by atoms with E-state index in [0.717, 1.165) is 17.8 Å². The van der Waals surface area contributed by atoms with Crippen molar-refractivity contribution in [2.75, 3.05) is 19.0 Å². The normalized spacial score (nSPS) is 15.7. The zero-order chi connectivity index (χ0) is 16.9. The first kappa shape index (κ1) is 19.5. The predicted octanol–water partition coefficient (Wildman–Crippen LogP) is 4.06. The minimum Gasteiger partial charge on any atom is -0.297 e. The lowest BCUT2D eigenvalue weighted by atomic mass is 10.3. The van der Waals surface area contributed by atoms with E-state index >= 15 is 0 Å². The average molecular weight is 370 g/mol. The monoisotopic (exact) mass is 369 g/mol. The van der Waals surface area contributed by atoms with Crippen molar-refractivity contribution >= 4 is 35.6 Å². The summed E-state index contributed by atoms with van der Waals surface area (Å²) in [6.45, 7) is 6.15. The minimum atomic E-state index is -3.50. The largest absolute Gasteiger partial charge is 0.341 e. The third-order valence-corrected chi connectivity index (χ3v) is 6.33. The number of hydrogen-bond acceptors (Lipinski definition) is 5. The Morgan fingerprint density at radius 3 is 2.68 bits per heavy atom. The van der Waals surface area contributed by atoms with Crippen LogP contribution in [0.15, 0.2) is 6.07 Å². The highest BCUT2D eigenvalue weighted by Crippen LogP contribution is 2.48. The van der Waals surface area contributed by atoms with Gasteiger partial charge in [-0.1, -0.05) is 18.3 Å². The van der Waals surface area contributed by atoms with Crippen LogP contribution in [0.2, 0.25) is 0 Å². The van der Waals surface area contributed by atoms with Gasteiger partial charge in [-0.3, -0.25) is 19.2 Å². The van der Waals surface area contributed by atoms with Crippen molar-refractivity contribution in [2.24, 2.45) is 5.50 Å². The van der Waals surface area contributed by atoms with Gasteiger partial charge in [-0.25, -0.2) is 10.2 Å². The van der Waals surface area contributed by atoms with Gasteiger partial charge in [-0.2, -0.15) is 0 Å². The van der Waals surface area contributed by atoms with Crippen molar-refractivity contribution in [2.45, 2.75) is 33.3 Å². The van der Waals surface area contributed by atoms with Crippen molar-refractivity contribution in [3.05, 3.63) is 26.6 Å². The zero-order valence-electron chi connectivity index (χ0n) is 12.8. The number of nitro groups is 1. The molecular weight excluding hydrogens is 349 g/mol. The van der Waals surface area contributed by atoms with Gasteiger partial charge in [0, 0.05) is 29.4 Å². The standard InChI is InChI=1S/C12H21ClN3O4PS/c1-4-6-15(7-5-13)21(14,19)20-10(3)11-8-9(2)12(22-11)16(17)18/h8,10H,4-7H2,1-3H3,(H2,14,19). The summed E-state index contributed by atoms with van der Waals surface area (Å²) in [5, 5.41) is 11.0. The highest BCUT2D eigenvalue weighted by molar-refractivity contribution is 7.53. The molecule has 0 fully saturated rings. The number of hydrogen-bond donors (Lipinski definition) is 1. The Kier molecular flexibility index (Phi) is 7.45. The van der Waals surface area contributed by atoms with Crippen LogP contribution >= 0.6 is 30.6 Å². The van der Waals surface area contributed by atoms with Gasteiger partial charge in [0.2, 0.25) is 0 Å². The summed E-state index contributed by atoms with van der Waals surface area (Å²) in [6.07, 6.45) is 0.169. The Balaban J connectivity index is 2.89. The van der Waals surface area contributed by atoms with Crippen molar-refractivity contribution in [1.82, 2.24) is 4.67 Å². The fraction of sp³-hybridized carbons (Fsp3) is 0.667. The molecule has 2 N–H and O–H groups in total. The molecule has 1 aromatic heterocycles. The third kappa shape index (κ3) is 5.01. The molecule has 126 valence electrons. The number of nitrogens with two attached hydrogens (primary N) is 1. The van der Waals surface area contributed by atoms with E-state index in [2.05, 4.69) is 0 Å². The number of aryl methyl sites for hydroxylation is 1. The van der Waals surface area contributed by atoms with Gasteiger partial charge in [0.1, 0.15) is 0 Å². The molecule has 0 amide bonds. The smallest absolute Gasteiger partial charge is 0.297 e. The Morgan fingerprint density at radius 1 is 1.59 bits per heavy atom. The lowest BCUT2D eigenvalue weighted by Crippen LogP contribution is -2.29. The van der Waals surface area contributed by atoms with Crippen molar-refractivity contribution in [3.8, 4) is 0 Å². The van der Waals surface area contributed by atoms with Gasteiger partial charge in [0.15, 0.2) is 0 Å². The van der Waals surface area contributed by atoms with Gasteiger partial charge in [0.05, 0.1) is 11.0 Å². The molecule has 0 saturated heterocycles. The zero-order valence-corrected chi connectivity index (χ0v) is 15.3. The van der Waals surface area contributed by atoms with Crippen molar-refractivity contribution in [3.63, 3.8) is 0 Å². The maximum absolute atomic E-state index is 12.6. The van der Waals surface area contributed by atoms with Crippen molar-refractivity contribution < 1.29 is 14.0 Å². The quantitative estimate of drug-likeness (QED) is 0.305. The number of halogens is 1. The Morgan fingerprint density at radius 2 is 2.23 bits per heavy atom. The van der Waals surface area contributed by atoms with E-state index in [1.807, 2.05) is 6.92 Å². The molecule has 2 atom stereocenters. The van der Waals surface area contributed by atoms with Gasteiger partial charge in [-0.05, 0) is 26.3 Å². The summed E-state index contributed by atoms with van der Waals surface area (Å²) in [5.74, 6) is 0.294. The van der Waals surface area contributed by atoms with Gasteiger partial charge >= 0.3 is 12.7 Å². The molecule has 7 nitrogen and oxygen atoms in total. The van der Waals surface area contributed by atoms with E-state index < -0.39 is 18.7 Å². The fourth-order valence-corrected chi connectivity index (χ4v) is 4.89. The van der Waals surface area contributed by atoms with Crippen molar-refractivity contribution in [1.29, 1.82) is 0 Å². The molecule has 22 heavy (non-hydrogen) atoms. The van der Waals surface area contributed by atoms with Crippen LogP contribution in [0.3, 0.4) is 0 Å². The van der Waals surface area contributed by atoms with E-state index in [1.165, 1.54) is 4.67 Å². The molecule has 0 aliphatic carbocycles. The fourth-order valence-electron chi connectivity index (χ4n) is 1.97. The minimum absolute atomic E-state index is 0.0588. The summed E-state index contributed by atoms with van der Waals surface area (Å²) < 4.78 is 19.7. The lowest BCUT2D eigenvalue weighted by Gasteiger charge is -2.28. The number of alkyl halides is 1. The maximum Gasteiger partial charge on any atom is 0.341 e. The topological polar surface area (TPSA) is 98.7 Å². The molecule has 1 rings (SSSR count). The Labute approximate surface area is 139 Å². The molecule has 0 saturated carbocycles. The van der Waals surface area contributed by atoms with Gasteiger partial charge < -0.3 is 0 Å². The summed E-state index contributed by atoms with van der Waals surface area (Å²) in [5.41, 5.74) is 6.40. The first-order chi connectivity index (χ1) is 10.2. The highest BCUT2D eigenvalue weighted by Gasteiger charge is 2.30. The average Bonchev–Trinajstić information content (AvgIpc) is 2.80. The summed E-state index contributed by atoms with van der Waals surface area (Å²) in [4.78, 5) is 11.1. The second-order valence-corrected chi connectivity index (χ2v) is 8.19. The predicted molar refractivity (Wildman–Crippen MR) is 89.6 cm³/mol. The summed E-state index contributed by atoms with van der Waals surface area (Å²) >= 11 is 6.71. The van der Waals surface area contributed by atoms with E-state index in [-0.39, 0.29) is 5.00 Å². The molecule has 0 aliphatic heterocycles. The molecule has 0 aromatic carbocycles. The second-order valence-electron chi connectivity index (χ2n) is 4.85. The van der Waals surface area contributed by atoms with E-state index in [9.17, 15) is 14.7 Å². The van der Waals surface area contributed by atoms with Gasteiger partial charge in [-0.15, -0.1) is 11.6 Å². The molecule has 0 radical (unpaired) electrons. The molecule has 10 heteroatoms. The molecule has 0 bridgehead atoms. The van der Waals surface area contributed by atoms with Crippen LogP contribution in [0.25, 0.3) is 0 Å². The van der Waals surface area contributed by atoms with E-state index in [1.54, 1.807) is 19.9 Å². The SMILES string of the molecule is CCCN(CCCl)P(N)(=O)OC(C)c1cc(C)c([N+](=O)[O-])s1.